The molecule has 0 saturated carbocycles. The summed E-state index contributed by atoms with van der Waals surface area (Å²) >= 11 is 0. The van der Waals surface area contributed by atoms with Crippen LogP contribution in [0.5, 0.6) is 0 Å². The lowest BCUT2D eigenvalue weighted by Gasteiger charge is -1.86. The number of aliphatic imine (C=N–C) groups is 2. The van der Waals surface area contributed by atoms with Crippen LogP contribution in [-0.2, 0) is 9.59 Å². The molecule has 0 spiro atoms. The van der Waals surface area contributed by atoms with Gasteiger partial charge in [-0.05, 0) is 12.8 Å². The molecule has 0 N–H and O–H groups in total. The van der Waals surface area contributed by atoms with Gasteiger partial charge in [-0.15, -0.1) is 0 Å². The number of carbonyl (C=O) groups excluding carboxylic acids is 2. The first-order chi connectivity index (χ1) is 7.83. The zero-order valence-electron chi connectivity index (χ0n) is 10.4. The average molecular weight is 226 g/mol. The normalized spacial score (nSPS) is 8.12. The molecule has 0 aromatic carbocycles. The molecule has 4 heteroatoms. The van der Waals surface area contributed by atoms with Crippen molar-refractivity contribution in [2.24, 2.45) is 9.98 Å². The second-order valence-electron chi connectivity index (χ2n) is 3.36. The van der Waals surface area contributed by atoms with Gasteiger partial charge < -0.3 is 0 Å². The summed E-state index contributed by atoms with van der Waals surface area (Å²) in [5.41, 5.74) is 0. The minimum atomic E-state index is 0.650. The van der Waals surface area contributed by atoms with E-state index in [0.717, 1.165) is 25.7 Å². The molecule has 0 aliphatic heterocycles. The fourth-order valence-electron chi connectivity index (χ4n) is 0.973. The third kappa shape index (κ3) is 23.0. The molecular formula is C12H22N2O2. The summed E-state index contributed by atoms with van der Waals surface area (Å²) in [5.74, 6) is 0. The first-order valence-corrected chi connectivity index (χ1v) is 5.90. The Balaban J connectivity index is 0. The predicted octanol–water partition coefficient (Wildman–Crippen LogP) is 3.02. The number of hydrogen-bond donors (Lipinski definition) is 0. The van der Waals surface area contributed by atoms with Crippen molar-refractivity contribution >= 4 is 12.2 Å². The Morgan fingerprint density at radius 3 is 1.38 bits per heavy atom. The van der Waals surface area contributed by atoms with Gasteiger partial charge in [0.25, 0.3) is 0 Å². The highest BCUT2D eigenvalue weighted by atomic mass is 16.1. The van der Waals surface area contributed by atoms with Crippen LogP contribution < -0.4 is 0 Å². The summed E-state index contributed by atoms with van der Waals surface area (Å²) in [7, 11) is 0. The van der Waals surface area contributed by atoms with Crippen LogP contribution in [0.2, 0.25) is 0 Å². The Labute approximate surface area is 97.9 Å². The van der Waals surface area contributed by atoms with E-state index in [1.54, 1.807) is 0 Å². The van der Waals surface area contributed by atoms with Crippen LogP contribution >= 0.6 is 0 Å². The van der Waals surface area contributed by atoms with Gasteiger partial charge in [0.1, 0.15) is 0 Å². The molecule has 0 rings (SSSR count). The molecule has 0 atom stereocenters. The van der Waals surface area contributed by atoms with Crippen molar-refractivity contribution in [1.29, 1.82) is 0 Å². The molecular weight excluding hydrogens is 204 g/mol. The van der Waals surface area contributed by atoms with Gasteiger partial charge in [0.2, 0.25) is 12.2 Å². The molecule has 0 aliphatic rings. The van der Waals surface area contributed by atoms with Crippen molar-refractivity contribution < 1.29 is 9.59 Å². The lowest BCUT2D eigenvalue weighted by atomic mass is 10.3. The van der Waals surface area contributed by atoms with Gasteiger partial charge in [-0.25, -0.2) is 19.6 Å². The summed E-state index contributed by atoms with van der Waals surface area (Å²) in [6, 6.07) is 0. The maximum absolute atomic E-state index is 9.48. The van der Waals surface area contributed by atoms with Gasteiger partial charge in [0.15, 0.2) is 0 Å². The monoisotopic (exact) mass is 226 g/mol. The minimum absolute atomic E-state index is 0.650. The number of unbranched alkanes of at least 4 members (excludes halogenated alkanes) is 4. The molecule has 0 aromatic rings. The minimum Gasteiger partial charge on any atom is -0.211 e. The van der Waals surface area contributed by atoms with Gasteiger partial charge in [0, 0.05) is 0 Å². The SMILES string of the molecule is CCCCCN=C=O.CCCCCN=C=O. The Bertz CT molecular complexity index is 193. The van der Waals surface area contributed by atoms with Crippen molar-refractivity contribution in [3.63, 3.8) is 0 Å². The molecule has 92 valence electrons. The van der Waals surface area contributed by atoms with E-state index in [0.29, 0.717) is 13.1 Å². The van der Waals surface area contributed by atoms with Crippen molar-refractivity contribution in [3.8, 4) is 0 Å². The highest BCUT2D eigenvalue weighted by Gasteiger charge is 1.80. The molecule has 0 aromatic heterocycles. The molecule has 0 aliphatic carbocycles. The number of rotatable bonds is 8. The molecule has 0 bridgehead atoms. The summed E-state index contributed by atoms with van der Waals surface area (Å²) in [6.07, 6.45) is 9.71. The van der Waals surface area contributed by atoms with E-state index in [4.69, 9.17) is 0 Å². The standard InChI is InChI=1S/2C6H11NO/c2*1-2-3-4-5-7-6-8/h2*2-5H2,1H3. The maximum atomic E-state index is 9.48. The van der Waals surface area contributed by atoms with Crippen LogP contribution in [0.15, 0.2) is 9.98 Å². The van der Waals surface area contributed by atoms with Gasteiger partial charge >= 0.3 is 0 Å². The van der Waals surface area contributed by atoms with Crippen LogP contribution in [0.3, 0.4) is 0 Å². The molecule has 0 amide bonds. The Hall–Kier alpha value is -1.24. The zero-order valence-corrected chi connectivity index (χ0v) is 10.4. The highest BCUT2D eigenvalue weighted by Crippen LogP contribution is 1.92. The van der Waals surface area contributed by atoms with Crippen LogP contribution in [-0.4, -0.2) is 25.2 Å². The highest BCUT2D eigenvalue weighted by molar-refractivity contribution is 5.32. The third-order valence-electron chi connectivity index (χ3n) is 1.88. The zero-order chi connectivity index (χ0) is 12.5. The van der Waals surface area contributed by atoms with Crippen molar-refractivity contribution in [2.45, 2.75) is 52.4 Å². The average Bonchev–Trinajstić information content (AvgIpc) is 2.31. The maximum Gasteiger partial charge on any atom is 0.234 e. The summed E-state index contributed by atoms with van der Waals surface area (Å²) in [5, 5.41) is 0. The van der Waals surface area contributed by atoms with Crippen molar-refractivity contribution in [3.05, 3.63) is 0 Å². The first-order valence-electron chi connectivity index (χ1n) is 5.90. The van der Waals surface area contributed by atoms with Crippen LogP contribution in [0, 0.1) is 0 Å². The second-order valence-corrected chi connectivity index (χ2v) is 3.36. The van der Waals surface area contributed by atoms with Gasteiger partial charge in [-0.1, -0.05) is 39.5 Å². The van der Waals surface area contributed by atoms with E-state index in [-0.39, 0.29) is 0 Å². The lowest BCUT2D eigenvalue weighted by molar-refractivity contribution is 0.561. The van der Waals surface area contributed by atoms with Crippen molar-refractivity contribution in [2.75, 3.05) is 13.1 Å². The second kappa shape index (κ2) is 19.4. The molecule has 0 fully saturated rings. The molecule has 0 heterocycles. The van der Waals surface area contributed by atoms with E-state index in [1.165, 1.54) is 25.0 Å². The molecule has 4 nitrogen and oxygen atoms in total. The fraction of sp³-hybridized carbons (Fsp3) is 0.833. The molecule has 0 radical (unpaired) electrons. The Morgan fingerprint density at radius 1 is 0.750 bits per heavy atom. The Kier molecular flexibility index (Phi) is 20.8. The van der Waals surface area contributed by atoms with E-state index < -0.39 is 0 Å². The topological polar surface area (TPSA) is 58.9 Å². The largest absolute Gasteiger partial charge is 0.234 e. The first kappa shape index (κ1) is 17.2. The smallest absolute Gasteiger partial charge is 0.211 e. The Morgan fingerprint density at radius 2 is 1.12 bits per heavy atom. The van der Waals surface area contributed by atoms with E-state index in [2.05, 4.69) is 23.8 Å². The number of isocyanates is 2. The third-order valence-corrected chi connectivity index (χ3v) is 1.88. The van der Waals surface area contributed by atoms with Gasteiger partial charge in [0.05, 0.1) is 13.1 Å². The van der Waals surface area contributed by atoms with E-state index in [1.807, 2.05) is 0 Å². The lowest BCUT2D eigenvalue weighted by Crippen LogP contribution is -1.77. The summed E-state index contributed by atoms with van der Waals surface area (Å²) in [4.78, 5) is 25.8. The van der Waals surface area contributed by atoms with Crippen LogP contribution in [0.4, 0.5) is 0 Å². The number of nitrogens with zero attached hydrogens (tertiary/aromatic N) is 2. The van der Waals surface area contributed by atoms with Crippen LogP contribution in [0.25, 0.3) is 0 Å². The van der Waals surface area contributed by atoms with Gasteiger partial charge in [-0.2, -0.15) is 0 Å². The van der Waals surface area contributed by atoms with E-state index >= 15 is 0 Å². The quantitative estimate of drug-likeness (QED) is 0.363. The number of hydrogen-bond acceptors (Lipinski definition) is 4. The summed E-state index contributed by atoms with van der Waals surface area (Å²) in [6.45, 7) is 5.53. The van der Waals surface area contributed by atoms with E-state index in [9.17, 15) is 9.59 Å². The van der Waals surface area contributed by atoms with Gasteiger partial charge in [-0.3, -0.25) is 0 Å². The predicted molar refractivity (Wildman–Crippen MR) is 65.0 cm³/mol. The summed E-state index contributed by atoms with van der Waals surface area (Å²) < 4.78 is 0. The molecule has 0 unspecified atom stereocenters. The molecule has 16 heavy (non-hydrogen) atoms. The van der Waals surface area contributed by atoms with Crippen LogP contribution in [0.1, 0.15) is 52.4 Å². The molecule has 0 saturated heterocycles. The fourth-order valence-corrected chi connectivity index (χ4v) is 0.973. The van der Waals surface area contributed by atoms with Crippen molar-refractivity contribution in [1.82, 2.24) is 0 Å².